The number of hydrogen-bond acceptors (Lipinski definition) is 2. The summed E-state index contributed by atoms with van der Waals surface area (Å²) in [7, 11) is -4.53. The lowest BCUT2D eigenvalue weighted by Crippen LogP contribution is -2.19. The van der Waals surface area contributed by atoms with Crippen LogP contribution in [0.25, 0.3) is 0 Å². The van der Waals surface area contributed by atoms with Gasteiger partial charge >= 0.3 is 7.82 Å². The molecule has 5 heteroatoms. The van der Waals surface area contributed by atoms with Crippen LogP contribution in [0.2, 0.25) is 0 Å². The number of phosphoric ester groups is 1. The molecule has 0 unspecified atom stereocenters. The average molecular weight is 314 g/mol. The molecule has 0 spiro atoms. The highest BCUT2D eigenvalue weighted by Crippen LogP contribution is 2.42. The van der Waals surface area contributed by atoms with Gasteiger partial charge in [0.15, 0.2) is 0 Å². The first-order valence-corrected chi connectivity index (χ1v) is 9.11. The third-order valence-corrected chi connectivity index (χ3v) is 4.27. The summed E-state index contributed by atoms with van der Waals surface area (Å²) in [6.45, 7) is 8.52. The van der Waals surface area contributed by atoms with Gasteiger partial charge in [0.1, 0.15) is 5.75 Å². The molecule has 2 N–H and O–H groups in total. The maximum atomic E-state index is 11.1. The molecule has 120 valence electrons. The molecule has 0 aliphatic carbocycles. The molecule has 0 aliphatic heterocycles. The van der Waals surface area contributed by atoms with E-state index in [0.29, 0.717) is 12.2 Å². The molecular formula is C16H27O4P. The molecule has 0 saturated carbocycles. The Kier molecular flexibility index (Phi) is 6.45. The maximum Gasteiger partial charge on any atom is 0.524 e. The fraction of sp³-hybridized carbons (Fsp3) is 0.625. The van der Waals surface area contributed by atoms with Crippen LogP contribution in [0.1, 0.15) is 64.5 Å². The largest absolute Gasteiger partial charge is 0.524 e. The second-order valence-corrected chi connectivity index (χ2v) is 7.22. The molecule has 0 radical (unpaired) electrons. The van der Waals surface area contributed by atoms with Crippen LogP contribution in [0.5, 0.6) is 5.75 Å². The van der Waals surface area contributed by atoms with E-state index in [9.17, 15) is 4.57 Å². The van der Waals surface area contributed by atoms with Crippen molar-refractivity contribution in [2.24, 2.45) is 0 Å². The SMILES string of the molecule is CCCCCC(C)(C)c1cccc(OP(=O)(O)O)c1CC. The van der Waals surface area contributed by atoms with Crippen molar-refractivity contribution in [1.29, 1.82) is 0 Å². The van der Waals surface area contributed by atoms with E-state index in [2.05, 4.69) is 20.8 Å². The fourth-order valence-electron chi connectivity index (χ4n) is 2.73. The zero-order chi connectivity index (χ0) is 16.1. The summed E-state index contributed by atoms with van der Waals surface area (Å²) in [6.07, 6.45) is 5.26. The van der Waals surface area contributed by atoms with Gasteiger partial charge < -0.3 is 4.52 Å². The van der Waals surface area contributed by atoms with E-state index < -0.39 is 7.82 Å². The van der Waals surface area contributed by atoms with E-state index in [0.717, 1.165) is 24.0 Å². The Bertz CT molecular complexity index is 505. The number of rotatable bonds is 8. The standard InChI is InChI=1S/C16H27O4P/c1-5-7-8-12-16(3,4)14-10-9-11-15(13(14)6-2)20-21(17,18)19/h9-11H,5-8,12H2,1-4H3,(H2,17,18,19). The third kappa shape index (κ3) is 5.46. The highest BCUT2D eigenvalue weighted by Gasteiger charge is 2.26. The van der Waals surface area contributed by atoms with Gasteiger partial charge in [-0.25, -0.2) is 4.57 Å². The number of unbranched alkanes of at least 4 members (excludes halogenated alkanes) is 2. The van der Waals surface area contributed by atoms with Crippen molar-refractivity contribution in [2.45, 2.75) is 65.2 Å². The van der Waals surface area contributed by atoms with Gasteiger partial charge in [-0.3, -0.25) is 9.79 Å². The lowest BCUT2D eigenvalue weighted by atomic mass is 9.77. The van der Waals surface area contributed by atoms with Gasteiger partial charge in [-0.1, -0.05) is 59.1 Å². The number of hydrogen-bond donors (Lipinski definition) is 2. The zero-order valence-electron chi connectivity index (χ0n) is 13.4. The van der Waals surface area contributed by atoms with Gasteiger partial charge in [0.25, 0.3) is 0 Å². The summed E-state index contributed by atoms with van der Waals surface area (Å²) in [5, 5.41) is 0. The van der Waals surface area contributed by atoms with Crippen LogP contribution < -0.4 is 4.52 Å². The predicted octanol–water partition coefficient (Wildman–Crippen LogP) is 4.58. The molecular weight excluding hydrogens is 287 g/mol. The van der Waals surface area contributed by atoms with Crippen LogP contribution in [0.15, 0.2) is 18.2 Å². The first-order chi connectivity index (χ1) is 9.71. The van der Waals surface area contributed by atoms with Crippen LogP contribution in [0, 0.1) is 0 Å². The van der Waals surface area contributed by atoms with E-state index in [1.165, 1.54) is 12.8 Å². The van der Waals surface area contributed by atoms with E-state index in [-0.39, 0.29) is 5.41 Å². The van der Waals surface area contributed by atoms with Gasteiger partial charge in [-0.2, -0.15) is 0 Å². The Morgan fingerprint density at radius 3 is 2.38 bits per heavy atom. The van der Waals surface area contributed by atoms with Gasteiger partial charge in [-0.05, 0) is 35.4 Å². The van der Waals surface area contributed by atoms with Crippen molar-refractivity contribution >= 4 is 7.82 Å². The summed E-state index contributed by atoms with van der Waals surface area (Å²) in [6, 6.07) is 5.47. The van der Waals surface area contributed by atoms with E-state index >= 15 is 0 Å². The lowest BCUT2D eigenvalue weighted by molar-refractivity contribution is 0.282. The molecule has 0 fully saturated rings. The molecule has 0 atom stereocenters. The Hall–Kier alpha value is -0.830. The highest BCUT2D eigenvalue weighted by molar-refractivity contribution is 7.46. The molecule has 1 aromatic carbocycles. The lowest BCUT2D eigenvalue weighted by Gasteiger charge is -2.29. The second-order valence-electron chi connectivity index (χ2n) is 6.06. The minimum absolute atomic E-state index is 0.0330. The van der Waals surface area contributed by atoms with Gasteiger partial charge in [0, 0.05) is 0 Å². The highest BCUT2D eigenvalue weighted by atomic mass is 31.2. The monoisotopic (exact) mass is 314 g/mol. The second kappa shape index (κ2) is 7.44. The average Bonchev–Trinajstić information content (AvgIpc) is 2.36. The quantitative estimate of drug-likeness (QED) is 0.544. The predicted molar refractivity (Wildman–Crippen MR) is 85.7 cm³/mol. The van der Waals surface area contributed by atoms with Crippen molar-refractivity contribution in [2.75, 3.05) is 0 Å². The summed E-state index contributed by atoms with van der Waals surface area (Å²) >= 11 is 0. The Balaban J connectivity index is 3.12. The molecule has 0 bridgehead atoms. The van der Waals surface area contributed by atoms with Crippen molar-refractivity contribution in [3.05, 3.63) is 29.3 Å². The van der Waals surface area contributed by atoms with E-state index in [1.54, 1.807) is 12.1 Å². The van der Waals surface area contributed by atoms with Crippen LogP contribution in [0.3, 0.4) is 0 Å². The Labute approximate surface area is 127 Å². The van der Waals surface area contributed by atoms with Crippen LogP contribution in [-0.4, -0.2) is 9.79 Å². The first-order valence-electron chi connectivity index (χ1n) is 7.58. The summed E-state index contributed by atoms with van der Waals surface area (Å²) in [5.41, 5.74) is 1.98. The molecule has 0 aliphatic rings. The third-order valence-electron chi connectivity index (χ3n) is 3.84. The minimum Gasteiger partial charge on any atom is -0.404 e. The smallest absolute Gasteiger partial charge is 0.404 e. The van der Waals surface area contributed by atoms with E-state index in [4.69, 9.17) is 14.3 Å². The Morgan fingerprint density at radius 1 is 1.19 bits per heavy atom. The molecule has 0 saturated heterocycles. The molecule has 0 aromatic heterocycles. The molecule has 1 rings (SSSR count). The van der Waals surface area contributed by atoms with Crippen molar-refractivity contribution in [1.82, 2.24) is 0 Å². The molecule has 0 amide bonds. The van der Waals surface area contributed by atoms with Crippen LogP contribution in [0.4, 0.5) is 0 Å². The summed E-state index contributed by atoms with van der Waals surface area (Å²) < 4.78 is 16.0. The first kappa shape index (κ1) is 18.2. The molecule has 4 nitrogen and oxygen atoms in total. The Morgan fingerprint density at radius 2 is 1.86 bits per heavy atom. The van der Waals surface area contributed by atoms with Crippen LogP contribution >= 0.6 is 7.82 Å². The number of phosphoric acid groups is 1. The maximum absolute atomic E-state index is 11.1. The number of benzene rings is 1. The topological polar surface area (TPSA) is 66.8 Å². The van der Waals surface area contributed by atoms with Gasteiger partial charge in [0.2, 0.25) is 0 Å². The summed E-state index contributed by atoms with van der Waals surface area (Å²) in [5.74, 6) is 0.298. The summed E-state index contributed by atoms with van der Waals surface area (Å²) in [4.78, 5) is 18.1. The van der Waals surface area contributed by atoms with Crippen molar-refractivity contribution < 1.29 is 18.9 Å². The van der Waals surface area contributed by atoms with Crippen LogP contribution in [-0.2, 0) is 16.4 Å². The molecule has 21 heavy (non-hydrogen) atoms. The molecule has 0 heterocycles. The van der Waals surface area contributed by atoms with Crippen molar-refractivity contribution in [3.8, 4) is 5.75 Å². The van der Waals surface area contributed by atoms with E-state index in [1.807, 2.05) is 13.0 Å². The zero-order valence-corrected chi connectivity index (χ0v) is 14.3. The molecule has 1 aromatic rings. The van der Waals surface area contributed by atoms with Gasteiger partial charge in [-0.15, -0.1) is 0 Å². The fourth-order valence-corrected chi connectivity index (χ4v) is 3.16. The van der Waals surface area contributed by atoms with Crippen molar-refractivity contribution in [3.63, 3.8) is 0 Å². The van der Waals surface area contributed by atoms with Gasteiger partial charge in [0.05, 0.1) is 0 Å². The minimum atomic E-state index is -4.53. The normalized spacial score (nSPS) is 12.5.